The molecule has 0 amide bonds. The van der Waals surface area contributed by atoms with Crippen LogP contribution in [0.3, 0.4) is 0 Å². The zero-order valence-electron chi connectivity index (χ0n) is 22.6. The summed E-state index contributed by atoms with van der Waals surface area (Å²) in [4.78, 5) is 12.1. The van der Waals surface area contributed by atoms with Crippen molar-refractivity contribution in [2.75, 3.05) is 32.6 Å². The van der Waals surface area contributed by atoms with Crippen molar-refractivity contribution in [1.29, 1.82) is 0 Å². The molecular formula is C28H49NO5SSi. The number of hydrogen-bond acceptors (Lipinski definition) is 7. The van der Waals surface area contributed by atoms with E-state index in [-0.39, 0.29) is 11.7 Å². The minimum Gasteiger partial charge on any atom is -0.485 e. The Balaban J connectivity index is 1.52. The first-order valence-electron chi connectivity index (χ1n) is 14.1. The summed E-state index contributed by atoms with van der Waals surface area (Å²) in [5, 5.41) is 0.0273. The maximum atomic E-state index is 12.1. The number of thioether (sulfide) groups is 1. The molecular weight excluding hydrogens is 490 g/mol. The van der Waals surface area contributed by atoms with Gasteiger partial charge in [-0.2, -0.15) is 0 Å². The third kappa shape index (κ3) is 14.1. The number of benzene rings is 1. The van der Waals surface area contributed by atoms with Crippen LogP contribution in [0.5, 0.6) is 5.75 Å². The van der Waals surface area contributed by atoms with E-state index in [0.29, 0.717) is 30.1 Å². The highest BCUT2D eigenvalue weighted by Crippen LogP contribution is 2.23. The molecule has 2 rings (SSSR count). The molecule has 6 nitrogen and oxygen atoms in total. The van der Waals surface area contributed by atoms with Gasteiger partial charge in [-0.25, -0.2) is 5.48 Å². The van der Waals surface area contributed by atoms with Crippen LogP contribution in [0.15, 0.2) is 30.3 Å². The lowest BCUT2D eigenvalue weighted by atomic mass is 9.97. The van der Waals surface area contributed by atoms with E-state index in [1.165, 1.54) is 82.4 Å². The summed E-state index contributed by atoms with van der Waals surface area (Å²) in [5.74, 6) is 2.00. The van der Waals surface area contributed by atoms with Crippen LogP contribution in [0.4, 0.5) is 0 Å². The van der Waals surface area contributed by atoms with Crippen molar-refractivity contribution >= 4 is 25.7 Å². The fourth-order valence-electron chi connectivity index (χ4n) is 4.45. The fourth-order valence-corrected chi connectivity index (χ4v) is 7.42. The van der Waals surface area contributed by atoms with E-state index in [0.717, 1.165) is 19.4 Å². The summed E-state index contributed by atoms with van der Waals surface area (Å²) in [6, 6.07) is 10.1. The van der Waals surface area contributed by atoms with Gasteiger partial charge in [0, 0.05) is 32.1 Å². The molecule has 1 saturated heterocycles. The molecule has 0 aliphatic carbocycles. The third-order valence-electron chi connectivity index (χ3n) is 6.71. The number of unbranched alkanes of at least 4 members (excludes halogenated alkanes) is 9. The minimum absolute atomic E-state index is 0.0273. The van der Waals surface area contributed by atoms with E-state index in [1.54, 1.807) is 7.11 Å². The van der Waals surface area contributed by atoms with Gasteiger partial charge >= 0.3 is 8.80 Å². The number of rotatable bonds is 19. The van der Waals surface area contributed by atoms with Crippen molar-refractivity contribution in [2.24, 2.45) is 5.92 Å². The normalized spacial score (nSPS) is 20.6. The van der Waals surface area contributed by atoms with Crippen LogP contribution in [0.25, 0.3) is 0 Å². The molecule has 2 atom stereocenters. The molecule has 1 aromatic rings. The molecule has 0 saturated carbocycles. The molecule has 0 aromatic heterocycles. The van der Waals surface area contributed by atoms with Crippen LogP contribution < -0.4 is 10.2 Å². The zero-order valence-corrected chi connectivity index (χ0v) is 24.5. The summed E-state index contributed by atoms with van der Waals surface area (Å²) in [6.45, 7) is 3.89. The summed E-state index contributed by atoms with van der Waals surface area (Å²) >= 11 is 1.29. The molecule has 36 heavy (non-hydrogen) atoms. The van der Waals surface area contributed by atoms with Crippen LogP contribution in [0.1, 0.15) is 90.4 Å². The second-order valence-corrected chi connectivity index (χ2v) is 13.7. The SMILES string of the molecule is CCCCCCCCCCCCC1CCO[Si](CCCSC(=O)COc2ccccc2)(OC)ONC1. The van der Waals surface area contributed by atoms with Gasteiger partial charge in [-0.05, 0) is 37.3 Å². The molecule has 1 N–H and O–H groups in total. The first-order valence-corrected chi connectivity index (χ1v) is 17.0. The molecule has 1 heterocycles. The van der Waals surface area contributed by atoms with Gasteiger partial charge in [-0.3, -0.25) is 9.32 Å². The second-order valence-electron chi connectivity index (χ2n) is 9.74. The van der Waals surface area contributed by atoms with Gasteiger partial charge in [0.15, 0.2) is 6.61 Å². The van der Waals surface area contributed by atoms with Crippen molar-refractivity contribution in [3.63, 3.8) is 0 Å². The van der Waals surface area contributed by atoms with Crippen molar-refractivity contribution in [2.45, 2.75) is 96.4 Å². The Hall–Kier alpha value is -0.903. The van der Waals surface area contributed by atoms with E-state index in [9.17, 15) is 4.79 Å². The summed E-state index contributed by atoms with van der Waals surface area (Å²) in [5.41, 5.74) is 3.17. The number of ether oxygens (including phenoxy) is 1. The van der Waals surface area contributed by atoms with Gasteiger partial charge in [-0.15, -0.1) is 0 Å². The molecule has 0 bridgehead atoms. The van der Waals surface area contributed by atoms with Gasteiger partial charge in [0.2, 0.25) is 5.12 Å². The van der Waals surface area contributed by atoms with Gasteiger partial charge in [-0.1, -0.05) is 101 Å². The van der Waals surface area contributed by atoms with E-state index in [2.05, 4.69) is 12.4 Å². The number of nitrogens with one attached hydrogen (secondary N) is 1. The summed E-state index contributed by atoms with van der Waals surface area (Å²) in [6.07, 6.45) is 16.8. The Morgan fingerprint density at radius 3 is 2.42 bits per heavy atom. The number of hydrogen-bond donors (Lipinski definition) is 1. The minimum atomic E-state index is -2.74. The quantitative estimate of drug-likeness (QED) is 0.148. The molecule has 8 heteroatoms. The Morgan fingerprint density at radius 2 is 1.72 bits per heavy atom. The average Bonchev–Trinajstić information content (AvgIpc) is 2.89. The maximum absolute atomic E-state index is 12.1. The average molecular weight is 540 g/mol. The van der Waals surface area contributed by atoms with E-state index < -0.39 is 8.80 Å². The molecule has 1 aromatic carbocycles. The number of carbonyl (C=O) groups excluding carboxylic acids is 1. The highest BCUT2D eigenvalue weighted by atomic mass is 32.2. The third-order valence-corrected chi connectivity index (χ3v) is 10.3. The largest absolute Gasteiger partial charge is 0.517 e. The Labute approximate surface area is 224 Å². The molecule has 0 radical (unpaired) electrons. The molecule has 1 aliphatic rings. The standard InChI is InChI=1S/C28H49NO5SSi/c1-3-4-5-6-7-8-9-10-11-13-17-26-20-21-33-36(31-2,34-29-24-26)23-16-22-35-28(30)25-32-27-18-14-12-15-19-27/h12,14-15,18-19,26,29H,3-11,13,16-17,20-25H2,1-2H3. The van der Waals surface area contributed by atoms with E-state index in [1.807, 2.05) is 30.3 Å². The zero-order chi connectivity index (χ0) is 25.7. The maximum Gasteiger partial charge on any atom is 0.517 e. The molecule has 0 spiro atoms. The fraction of sp³-hybridized carbons (Fsp3) is 0.750. The highest BCUT2D eigenvalue weighted by Gasteiger charge is 2.41. The highest BCUT2D eigenvalue weighted by molar-refractivity contribution is 8.13. The van der Waals surface area contributed by atoms with Crippen LogP contribution in [0, 0.1) is 5.92 Å². The van der Waals surface area contributed by atoms with E-state index >= 15 is 0 Å². The lowest BCUT2D eigenvalue weighted by Gasteiger charge is -2.32. The van der Waals surface area contributed by atoms with Crippen molar-refractivity contribution in [3.8, 4) is 5.75 Å². The Morgan fingerprint density at radius 1 is 1.03 bits per heavy atom. The first kappa shape index (κ1) is 31.3. The van der Waals surface area contributed by atoms with E-state index in [4.69, 9.17) is 18.1 Å². The Bertz CT molecular complexity index is 671. The molecule has 1 aliphatic heterocycles. The Kier molecular flexibility index (Phi) is 17.5. The van der Waals surface area contributed by atoms with Gasteiger partial charge in [0.05, 0.1) is 0 Å². The van der Waals surface area contributed by atoms with Crippen LogP contribution in [0.2, 0.25) is 6.04 Å². The van der Waals surface area contributed by atoms with Crippen LogP contribution >= 0.6 is 11.8 Å². The predicted octanol–water partition coefficient (Wildman–Crippen LogP) is 7.17. The van der Waals surface area contributed by atoms with Crippen molar-refractivity contribution in [1.82, 2.24) is 5.48 Å². The monoisotopic (exact) mass is 539 g/mol. The van der Waals surface area contributed by atoms with Gasteiger partial charge < -0.3 is 13.6 Å². The van der Waals surface area contributed by atoms with Crippen molar-refractivity contribution < 1.29 is 22.9 Å². The lowest BCUT2D eigenvalue weighted by molar-refractivity contribution is -0.112. The predicted molar refractivity (Wildman–Crippen MR) is 151 cm³/mol. The van der Waals surface area contributed by atoms with Crippen molar-refractivity contribution in [3.05, 3.63) is 30.3 Å². The van der Waals surface area contributed by atoms with Gasteiger partial charge in [0.1, 0.15) is 5.75 Å². The molecule has 1 fully saturated rings. The van der Waals surface area contributed by atoms with Gasteiger partial charge in [0.25, 0.3) is 0 Å². The number of para-hydroxylation sites is 1. The molecule has 206 valence electrons. The number of carbonyl (C=O) groups is 1. The number of hydroxylamine groups is 1. The van der Waals surface area contributed by atoms with Crippen LogP contribution in [-0.2, 0) is 18.2 Å². The smallest absolute Gasteiger partial charge is 0.485 e. The lowest BCUT2D eigenvalue weighted by Crippen LogP contribution is -2.51. The summed E-state index contributed by atoms with van der Waals surface area (Å²) in [7, 11) is -1.08. The topological polar surface area (TPSA) is 66.0 Å². The first-order chi connectivity index (χ1) is 17.7. The van der Waals surface area contributed by atoms with Crippen LogP contribution in [-0.4, -0.2) is 46.5 Å². The second kappa shape index (κ2) is 20.1. The molecule has 2 unspecified atom stereocenters. The summed E-state index contributed by atoms with van der Waals surface area (Å²) < 4.78 is 23.4.